The summed E-state index contributed by atoms with van der Waals surface area (Å²) in [5.74, 6) is 0. The minimum atomic E-state index is -4.10. The molecule has 5 heteroatoms. The van der Waals surface area contributed by atoms with Crippen LogP contribution in [0.1, 0.15) is 46.5 Å². The molecule has 0 radical (unpaired) electrons. The van der Waals surface area contributed by atoms with Crippen LogP contribution in [0.4, 0.5) is 13.2 Å². The van der Waals surface area contributed by atoms with Gasteiger partial charge in [-0.2, -0.15) is 13.2 Å². The first-order chi connectivity index (χ1) is 8.78. The Morgan fingerprint density at radius 1 is 1.16 bits per heavy atom. The van der Waals surface area contributed by atoms with Gasteiger partial charge in [0.1, 0.15) is 0 Å². The molecule has 0 aliphatic heterocycles. The van der Waals surface area contributed by atoms with Crippen LogP contribution >= 0.6 is 0 Å². The molecule has 0 aromatic carbocycles. The molecule has 1 saturated carbocycles. The van der Waals surface area contributed by atoms with Crippen LogP contribution in [0.25, 0.3) is 0 Å². The van der Waals surface area contributed by atoms with Crippen molar-refractivity contribution in [1.82, 2.24) is 10.2 Å². The average Bonchev–Trinajstić information content (AvgIpc) is 3.08. The fraction of sp³-hybridized carbons (Fsp3) is 1.00. The Morgan fingerprint density at radius 3 is 2.21 bits per heavy atom. The van der Waals surface area contributed by atoms with Gasteiger partial charge in [0.2, 0.25) is 0 Å². The van der Waals surface area contributed by atoms with E-state index in [4.69, 9.17) is 0 Å². The van der Waals surface area contributed by atoms with E-state index in [-0.39, 0.29) is 5.41 Å². The molecule has 0 saturated heterocycles. The summed E-state index contributed by atoms with van der Waals surface area (Å²) in [6, 6.07) is 0.605. The molecule has 0 heterocycles. The van der Waals surface area contributed by atoms with Crippen molar-refractivity contribution in [3.63, 3.8) is 0 Å². The van der Waals surface area contributed by atoms with Crippen molar-refractivity contribution in [2.24, 2.45) is 5.41 Å². The SMILES string of the molecule is CCCC(C)(CNC1CC1)CN(CC)CC(F)(F)F. The zero-order chi connectivity index (χ0) is 14.5. The molecule has 19 heavy (non-hydrogen) atoms. The molecule has 0 aromatic heterocycles. The Balaban J connectivity index is 2.51. The van der Waals surface area contributed by atoms with Gasteiger partial charge in [-0.3, -0.25) is 4.90 Å². The average molecular weight is 280 g/mol. The van der Waals surface area contributed by atoms with Gasteiger partial charge in [-0.05, 0) is 31.2 Å². The van der Waals surface area contributed by atoms with E-state index in [2.05, 4.69) is 19.2 Å². The van der Waals surface area contributed by atoms with E-state index >= 15 is 0 Å². The highest BCUT2D eigenvalue weighted by Gasteiger charge is 2.34. The Hall–Kier alpha value is -0.290. The van der Waals surface area contributed by atoms with Gasteiger partial charge in [0.25, 0.3) is 0 Å². The molecule has 1 atom stereocenters. The summed E-state index contributed by atoms with van der Waals surface area (Å²) < 4.78 is 37.6. The molecular weight excluding hydrogens is 253 g/mol. The van der Waals surface area contributed by atoms with Gasteiger partial charge in [0.15, 0.2) is 0 Å². The van der Waals surface area contributed by atoms with Gasteiger partial charge in [0, 0.05) is 19.1 Å². The third-order valence-corrected chi connectivity index (χ3v) is 3.70. The summed E-state index contributed by atoms with van der Waals surface area (Å²) in [6.07, 6.45) is 0.283. The third-order valence-electron chi connectivity index (χ3n) is 3.70. The molecule has 1 aliphatic carbocycles. The molecule has 0 aromatic rings. The normalized spacial score (nSPS) is 19.7. The van der Waals surface area contributed by atoms with Gasteiger partial charge in [-0.15, -0.1) is 0 Å². The molecular formula is C14H27F3N2. The van der Waals surface area contributed by atoms with Gasteiger partial charge >= 0.3 is 6.18 Å². The van der Waals surface area contributed by atoms with Crippen LogP contribution in [0, 0.1) is 5.41 Å². The topological polar surface area (TPSA) is 15.3 Å². The highest BCUT2D eigenvalue weighted by molar-refractivity contribution is 4.87. The molecule has 0 amide bonds. The van der Waals surface area contributed by atoms with Gasteiger partial charge < -0.3 is 5.32 Å². The van der Waals surface area contributed by atoms with Gasteiger partial charge in [-0.1, -0.05) is 27.2 Å². The van der Waals surface area contributed by atoms with E-state index in [1.165, 1.54) is 17.7 Å². The zero-order valence-corrected chi connectivity index (χ0v) is 12.3. The lowest BCUT2D eigenvalue weighted by Gasteiger charge is -2.36. The maximum Gasteiger partial charge on any atom is 0.401 e. The van der Waals surface area contributed by atoms with Gasteiger partial charge in [0.05, 0.1) is 6.54 Å². The zero-order valence-electron chi connectivity index (χ0n) is 12.3. The highest BCUT2D eigenvalue weighted by atomic mass is 19.4. The number of rotatable bonds is 9. The summed E-state index contributed by atoms with van der Waals surface area (Å²) in [4.78, 5) is 1.52. The first-order valence-electron chi connectivity index (χ1n) is 7.30. The monoisotopic (exact) mass is 280 g/mol. The van der Waals surface area contributed by atoms with Crippen LogP contribution < -0.4 is 5.32 Å². The number of hydrogen-bond donors (Lipinski definition) is 1. The second kappa shape index (κ2) is 6.93. The number of halogens is 3. The molecule has 0 bridgehead atoms. The van der Waals surface area contributed by atoms with E-state index in [9.17, 15) is 13.2 Å². The molecule has 2 nitrogen and oxygen atoms in total. The summed E-state index contributed by atoms with van der Waals surface area (Å²) in [7, 11) is 0. The van der Waals surface area contributed by atoms with Crippen molar-refractivity contribution in [3.8, 4) is 0 Å². The summed E-state index contributed by atoms with van der Waals surface area (Å²) in [5.41, 5.74) is -0.0708. The largest absolute Gasteiger partial charge is 0.401 e. The van der Waals surface area contributed by atoms with Crippen molar-refractivity contribution in [2.45, 2.75) is 58.7 Å². The van der Waals surface area contributed by atoms with Crippen molar-refractivity contribution >= 4 is 0 Å². The predicted octanol–water partition coefficient (Wildman–Crippen LogP) is 3.43. The standard InChI is InChI=1S/C14H27F3N2/c1-4-8-13(3,9-18-12-6-7-12)10-19(5-2)11-14(15,16)17/h12,18H,4-11H2,1-3H3. The lowest BCUT2D eigenvalue weighted by Crippen LogP contribution is -2.45. The Bertz CT molecular complexity index is 264. The minimum absolute atomic E-state index is 0.0708. The molecule has 114 valence electrons. The molecule has 1 unspecified atom stereocenters. The number of nitrogens with one attached hydrogen (secondary N) is 1. The third kappa shape index (κ3) is 7.16. The van der Waals surface area contributed by atoms with Crippen molar-refractivity contribution in [3.05, 3.63) is 0 Å². The van der Waals surface area contributed by atoms with Crippen molar-refractivity contribution < 1.29 is 13.2 Å². The second-order valence-corrected chi connectivity index (χ2v) is 6.13. The van der Waals surface area contributed by atoms with E-state index in [0.29, 0.717) is 19.1 Å². The van der Waals surface area contributed by atoms with Crippen molar-refractivity contribution in [2.75, 3.05) is 26.2 Å². The van der Waals surface area contributed by atoms with Crippen LogP contribution in [0.5, 0.6) is 0 Å². The van der Waals surface area contributed by atoms with Crippen LogP contribution in [-0.4, -0.2) is 43.3 Å². The molecule has 1 rings (SSSR count). The fourth-order valence-electron chi connectivity index (χ4n) is 2.58. The van der Waals surface area contributed by atoms with Crippen LogP contribution in [0.15, 0.2) is 0 Å². The molecule has 1 aliphatic rings. The summed E-state index contributed by atoms with van der Waals surface area (Å²) in [5, 5.41) is 3.47. The Kier molecular flexibility index (Phi) is 6.12. The number of nitrogens with zero attached hydrogens (tertiary/aromatic N) is 1. The van der Waals surface area contributed by atoms with Crippen molar-refractivity contribution in [1.29, 1.82) is 0 Å². The molecule has 0 spiro atoms. The maximum absolute atomic E-state index is 12.5. The summed E-state index contributed by atoms with van der Waals surface area (Å²) >= 11 is 0. The predicted molar refractivity (Wildman–Crippen MR) is 72.2 cm³/mol. The smallest absolute Gasteiger partial charge is 0.313 e. The molecule has 1 N–H and O–H groups in total. The fourth-order valence-corrected chi connectivity index (χ4v) is 2.58. The lowest BCUT2D eigenvalue weighted by atomic mass is 9.84. The Morgan fingerprint density at radius 2 is 1.79 bits per heavy atom. The molecule has 1 fully saturated rings. The summed E-state index contributed by atoms with van der Waals surface area (Å²) in [6.45, 7) is 6.97. The minimum Gasteiger partial charge on any atom is -0.313 e. The lowest BCUT2D eigenvalue weighted by molar-refractivity contribution is -0.148. The van der Waals surface area contributed by atoms with E-state index in [1.54, 1.807) is 6.92 Å². The van der Waals surface area contributed by atoms with Crippen LogP contribution in [-0.2, 0) is 0 Å². The van der Waals surface area contributed by atoms with Crippen LogP contribution in [0.2, 0.25) is 0 Å². The Labute approximate surface area is 114 Å². The quantitative estimate of drug-likeness (QED) is 0.696. The number of hydrogen-bond acceptors (Lipinski definition) is 2. The van der Waals surface area contributed by atoms with E-state index < -0.39 is 12.7 Å². The van der Waals surface area contributed by atoms with Crippen LogP contribution in [0.3, 0.4) is 0 Å². The first kappa shape index (κ1) is 16.8. The number of alkyl halides is 3. The highest BCUT2D eigenvalue weighted by Crippen LogP contribution is 2.28. The van der Waals surface area contributed by atoms with E-state index in [1.807, 2.05) is 0 Å². The second-order valence-electron chi connectivity index (χ2n) is 6.13. The maximum atomic E-state index is 12.5. The first-order valence-corrected chi connectivity index (χ1v) is 7.30. The van der Waals surface area contributed by atoms with E-state index in [0.717, 1.165) is 19.4 Å². The van der Waals surface area contributed by atoms with Gasteiger partial charge in [-0.25, -0.2) is 0 Å².